The van der Waals surface area contributed by atoms with Crippen LogP contribution in [0.15, 0.2) is 23.2 Å². The lowest BCUT2D eigenvalue weighted by Gasteiger charge is -2.22. The van der Waals surface area contributed by atoms with Gasteiger partial charge in [-0.15, -0.1) is 24.0 Å². The first-order valence-electron chi connectivity index (χ1n) is 9.27. The van der Waals surface area contributed by atoms with Gasteiger partial charge < -0.3 is 25.3 Å². The molecule has 1 unspecified atom stereocenters. The quantitative estimate of drug-likeness (QED) is 0.231. The molecule has 1 aliphatic rings. The molecule has 1 aromatic rings. The monoisotopic (exact) mass is 542 g/mol. The third-order valence-electron chi connectivity index (χ3n) is 4.36. The lowest BCUT2D eigenvalue weighted by molar-refractivity contribution is 0.0200. The number of aliphatic imine (C=N–C) groups is 1. The highest BCUT2D eigenvalue weighted by molar-refractivity contribution is 14.0. The molecule has 29 heavy (non-hydrogen) atoms. The van der Waals surface area contributed by atoms with Crippen molar-refractivity contribution in [1.29, 1.82) is 0 Å². The Morgan fingerprint density at radius 1 is 1.28 bits per heavy atom. The molecule has 1 fully saturated rings. The average molecular weight is 542 g/mol. The van der Waals surface area contributed by atoms with Gasteiger partial charge in [-0.25, -0.2) is 18.1 Å². The van der Waals surface area contributed by atoms with Crippen molar-refractivity contribution in [3.05, 3.63) is 23.8 Å². The van der Waals surface area contributed by atoms with Gasteiger partial charge in [0.15, 0.2) is 17.5 Å². The number of halogens is 1. The van der Waals surface area contributed by atoms with Crippen LogP contribution in [0.25, 0.3) is 0 Å². The first kappa shape index (κ1) is 25.7. The molecule has 0 amide bonds. The van der Waals surface area contributed by atoms with E-state index in [1.807, 2.05) is 12.1 Å². The molecule has 2 rings (SSSR count). The summed E-state index contributed by atoms with van der Waals surface area (Å²) in [6.07, 6.45) is 2.96. The predicted octanol–water partition coefficient (Wildman–Crippen LogP) is 1.21. The van der Waals surface area contributed by atoms with E-state index in [1.54, 1.807) is 20.3 Å². The average Bonchev–Trinajstić information content (AvgIpc) is 2.71. The minimum Gasteiger partial charge on any atom is -0.493 e. The molecule has 1 atom stereocenters. The first-order valence-corrected chi connectivity index (χ1v) is 10.9. The fraction of sp³-hybridized carbons (Fsp3) is 0.611. The van der Waals surface area contributed by atoms with Crippen LogP contribution in [0, 0.1) is 0 Å². The standard InChI is InChI=1S/C18H30N4O5S.HI/c1-25-16-7-6-14(11-17(16)26-2)12-21-18(19)20-8-10-28(23,24)22-13-15-5-3-4-9-27-15;/h6-7,11,15,22H,3-5,8-10,12-13H2,1-2H3,(H3,19,20,21);1H. The molecule has 0 spiro atoms. The Morgan fingerprint density at radius 2 is 2.03 bits per heavy atom. The Hall–Kier alpha value is -1.31. The van der Waals surface area contributed by atoms with Crippen molar-refractivity contribution < 1.29 is 22.6 Å². The Bertz CT molecular complexity index is 755. The molecule has 1 aliphatic heterocycles. The second-order valence-electron chi connectivity index (χ2n) is 6.47. The molecule has 1 heterocycles. The van der Waals surface area contributed by atoms with Gasteiger partial charge in [0.05, 0.1) is 32.6 Å². The third kappa shape index (κ3) is 9.36. The largest absolute Gasteiger partial charge is 0.493 e. The molecule has 9 nitrogen and oxygen atoms in total. The van der Waals surface area contributed by atoms with E-state index in [-0.39, 0.29) is 48.3 Å². The summed E-state index contributed by atoms with van der Waals surface area (Å²) >= 11 is 0. The Morgan fingerprint density at radius 3 is 2.69 bits per heavy atom. The molecule has 0 aromatic heterocycles. The molecule has 166 valence electrons. The van der Waals surface area contributed by atoms with Crippen LogP contribution in [0.1, 0.15) is 24.8 Å². The Kier molecular flexibility index (Phi) is 11.6. The number of nitrogens with two attached hydrogens (primary N) is 1. The minimum absolute atomic E-state index is 0. The molecule has 4 N–H and O–H groups in total. The second-order valence-corrected chi connectivity index (χ2v) is 8.40. The van der Waals surface area contributed by atoms with Crippen molar-refractivity contribution in [2.24, 2.45) is 10.7 Å². The fourth-order valence-electron chi connectivity index (χ4n) is 2.79. The van der Waals surface area contributed by atoms with Crippen LogP contribution in [0.2, 0.25) is 0 Å². The summed E-state index contributed by atoms with van der Waals surface area (Å²) in [6, 6.07) is 5.47. The van der Waals surface area contributed by atoms with E-state index in [0.717, 1.165) is 24.8 Å². The maximum Gasteiger partial charge on any atom is 0.213 e. The first-order chi connectivity index (χ1) is 13.4. The maximum atomic E-state index is 12.1. The summed E-state index contributed by atoms with van der Waals surface area (Å²) in [5.74, 6) is 1.34. The number of guanidine groups is 1. The third-order valence-corrected chi connectivity index (χ3v) is 5.71. The summed E-state index contributed by atoms with van der Waals surface area (Å²) < 4.78 is 42.7. The van der Waals surface area contributed by atoms with E-state index in [4.69, 9.17) is 19.9 Å². The van der Waals surface area contributed by atoms with E-state index >= 15 is 0 Å². The van der Waals surface area contributed by atoms with Gasteiger partial charge in [-0.3, -0.25) is 0 Å². The van der Waals surface area contributed by atoms with Crippen molar-refractivity contribution >= 4 is 40.0 Å². The lowest BCUT2D eigenvalue weighted by atomic mass is 10.1. The predicted molar refractivity (Wildman–Crippen MR) is 124 cm³/mol. The van der Waals surface area contributed by atoms with Crippen LogP contribution in [0.3, 0.4) is 0 Å². The summed E-state index contributed by atoms with van der Waals surface area (Å²) in [7, 11) is -0.257. The van der Waals surface area contributed by atoms with Crippen molar-refractivity contribution in [2.45, 2.75) is 31.9 Å². The van der Waals surface area contributed by atoms with Gasteiger partial charge in [-0.05, 0) is 37.0 Å². The SMILES string of the molecule is COc1ccc(CN=C(N)NCCS(=O)(=O)NCC2CCCCO2)cc1OC.I. The van der Waals surface area contributed by atoms with Crippen molar-refractivity contribution in [1.82, 2.24) is 10.0 Å². The number of benzene rings is 1. The van der Waals surface area contributed by atoms with E-state index in [2.05, 4.69) is 15.0 Å². The lowest BCUT2D eigenvalue weighted by Crippen LogP contribution is -2.40. The number of nitrogens with one attached hydrogen (secondary N) is 2. The molecule has 11 heteroatoms. The number of sulfonamides is 1. The number of methoxy groups -OCH3 is 2. The minimum atomic E-state index is -3.39. The van der Waals surface area contributed by atoms with Gasteiger partial charge >= 0.3 is 0 Å². The van der Waals surface area contributed by atoms with Crippen LogP contribution in [0.5, 0.6) is 11.5 Å². The fourth-order valence-corrected chi connectivity index (χ4v) is 3.74. The molecule has 0 aliphatic carbocycles. The van der Waals surface area contributed by atoms with Gasteiger partial charge in [0.1, 0.15) is 0 Å². The van der Waals surface area contributed by atoms with E-state index < -0.39 is 10.0 Å². The van der Waals surface area contributed by atoms with E-state index in [1.165, 1.54) is 0 Å². The molecule has 1 saturated heterocycles. The highest BCUT2D eigenvalue weighted by Gasteiger charge is 2.17. The molecular formula is C18H31IN4O5S. The highest BCUT2D eigenvalue weighted by atomic mass is 127. The number of ether oxygens (including phenoxy) is 3. The zero-order valence-corrected chi connectivity index (χ0v) is 20.0. The van der Waals surface area contributed by atoms with Gasteiger partial charge in [0.25, 0.3) is 0 Å². The summed E-state index contributed by atoms with van der Waals surface area (Å²) in [4.78, 5) is 4.22. The zero-order chi connectivity index (χ0) is 20.4. The van der Waals surface area contributed by atoms with Crippen LogP contribution < -0.4 is 25.2 Å². The van der Waals surface area contributed by atoms with Crippen molar-refractivity contribution in [2.75, 3.05) is 39.7 Å². The number of hydrogen-bond donors (Lipinski definition) is 3. The zero-order valence-electron chi connectivity index (χ0n) is 16.8. The van der Waals surface area contributed by atoms with E-state index in [0.29, 0.717) is 31.2 Å². The smallest absolute Gasteiger partial charge is 0.213 e. The van der Waals surface area contributed by atoms with Crippen molar-refractivity contribution in [3.63, 3.8) is 0 Å². The summed E-state index contributed by atoms with van der Waals surface area (Å²) in [5.41, 5.74) is 6.71. The number of rotatable bonds is 10. The van der Waals surface area contributed by atoms with Crippen LogP contribution in [-0.4, -0.2) is 60.2 Å². The van der Waals surface area contributed by atoms with Crippen LogP contribution in [0.4, 0.5) is 0 Å². The number of nitrogens with zero attached hydrogens (tertiary/aromatic N) is 1. The molecular weight excluding hydrogens is 511 g/mol. The van der Waals surface area contributed by atoms with Gasteiger partial charge in [0.2, 0.25) is 10.0 Å². The Labute approximate surface area is 189 Å². The van der Waals surface area contributed by atoms with E-state index in [9.17, 15) is 8.42 Å². The molecule has 0 bridgehead atoms. The number of hydrogen-bond acceptors (Lipinski definition) is 6. The van der Waals surface area contributed by atoms with Gasteiger partial charge in [-0.2, -0.15) is 0 Å². The maximum absolute atomic E-state index is 12.1. The van der Waals surface area contributed by atoms with Gasteiger partial charge in [-0.1, -0.05) is 6.07 Å². The van der Waals surface area contributed by atoms with Crippen LogP contribution in [-0.2, 0) is 21.3 Å². The normalized spacial score (nSPS) is 17.3. The second kappa shape index (κ2) is 13.1. The molecule has 0 saturated carbocycles. The summed E-state index contributed by atoms with van der Waals surface area (Å²) in [6.45, 7) is 1.51. The summed E-state index contributed by atoms with van der Waals surface area (Å²) in [5, 5.41) is 2.82. The highest BCUT2D eigenvalue weighted by Crippen LogP contribution is 2.27. The van der Waals surface area contributed by atoms with Gasteiger partial charge in [0, 0.05) is 19.7 Å². The topological polar surface area (TPSA) is 124 Å². The van der Waals surface area contributed by atoms with Crippen LogP contribution >= 0.6 is 24.0 Å². The van der Waals surface area contributed by atoms with Crippen molar-refractivity contribution in [3.8, 4) is 11.5 Å². The Balaban J connectivity index is 0.00000420. The molecule has 1 aromatic carbocycles. The molecule has 0 radical (unpaired) electrons.